The number of carbonyl (C=O) groups excluding carboxylic acids is 1. The molecule has 24 heavy (non-hydrogen) atoms. The Morgan fingerprint density at radius 3 is 2.54 bits per heavy atom. The van der Waals surface area contributed by atoms with Crippen molar-refractivity contribution in [1.29, 1.82) is 0 Å². The van der Waals surface area contributed by atoms with E-state index in [-0.39, 0.29) is 29.1 Å². The van der Waals surface area contributed by atoms with E-state index in [0.29, 0.717) is 5.69 Å². The van der Waals surface area contributed by atoms with E-state index in [1.165, 1.54) is 6.07 Å². The number of nitrogens with zero attached hydrogens (tertiary/aromatic N) is 1. The molecule has 1 aliphatic heterocycles. The van der Waals surface area contributed by atoms with E-state index < -0.39 is 10.0 Å². The summed E-state index contributed by atoms with van der Waals surface area (Å²) in [6.45, 7) is 1.87. The number of hydrogen-bond acceptors (Lipinski definition) is 4. The highest BCUT2D eigenvalue weighted by Crippen LogP contribution is 2.27. The Morgan fingerprint density at radius 2 is 1.79 bits per heavy atom. The first-order valence-electron chi connectivity index (χ1n) is 7.50. The van der Waals surface area contributed by atoms with Crippen LogP contribution >= 0.6 is 0 Å². The predicted molar refractivity (Wildman–Crippen MR) is 92.3 cm³/mol. The number of carbonyl (C=O) groups is 1. The van der Waals surface area contributed by atoms with Crippen LogP contribution in [-0.2, 0) is 14.8 Å². The molecule has 0 aromatic heterocycles. The molecule has 1 aliphatic rings. The minimum Gasteiger partial charge on any atom is -0.349 e. The smallest absolute Gasteiger partial charge is 0.286 e. The Labute approximate surface area is 140 Å². The van der Waals surface area contributed by atoms with Gasteiger partial charge in [0.1, 0.15) is 10.7 Å². The van der Waals surface area contributed by atoms with E-state index in [4.69, 9.17) is 0 Å². The van der Waals surface area contributed by atoms with E-state index in [1.54, 1.807) is 18.2 Å². The molecular weight excluding hydrogens is 326 g/mol. The second-order valence-electron chi connectivity index (χ2n) is 5.51. The zero-order valence-electron chi connectivity index (χ0n) is 13.1. The van der Waals surface area contributed by atoms with Gasteiger partial charge in [-0.25, -0.2) is 0 Å². The molecule has 0 radical (unpaired) electrons. The summed E-state index contributed by atoms with van der Waals surface area (Å²) in [5, 5.41) is 5.75. The van der Waals surface area contributed by atoms with Gasteiger partial charge in [-0.15, -0.1) is 4.40 Å². The van der Waals surface area contributed by atoms with Crippen LogP contribution in [0.25, 0.3) is 0 Å². The van der Waals surface area contributed by atoms with Gasteiger partial charge < -0.3 is 10.6 Å². The van der Waals surface area contributed by atoms with Gasteiger partial charge in [-0.1, -0.05) is 42.5 Å². The summed E-state index contributed by atoms with van der Waals surface area (Å²) < 4.78 is 28.0. The summed E-state index contributed by atoms with van der Waals surface area (Å²) in [6, 6.07) is 15.8. The SMILES string of the molecule is C[C@H](NC(=O)CC1=NS(=O)(=O)c2ccccc2N1)c1ccccc1. The van der Waals surface area contributed by atoms with Crippen LogP contribution in [-0.4, -0.2) is 20.2 Å². The second kappa shape index (κ2) is 6.45. The molecule has 2 aromatic rings. The molecule has 3 rings (SSSR count). The van der Waals surface area contributed by atoms with Crippen molar-refractivity contribution in [2.24, 2.45) is 4.40 Å². The summed E-state index contributed by atoms with van der Waals surface area (Å²) in [5.74, 6) is -0.182. The molecule has 2 N–H and O–H groups in total. The number of amidine groups is 1. The minimum absolute atomic E-state index is 0.117. The Kier molecular flexibility index (Phi) is 4.35. The van der Waals surface area contributed by atoms with Crippen LogP contribution in [0.5, 0.6) is 0 Å². The maximum absolute atomic E-state index is 12.2. The Balaban J connectivity index is 1.71. The fraction of sp³-hybridized carbons (Fsp3) is 0.176. The van der Waals surface area contributed by atoms with Crippen molar-refractivity contribution in [3.63, 3.8) is 0 Å². The molecule has 1 amide bonds. The average Bonchev–Trinajstić information content (AvgIpc) is 2.55. The van der Waals surface area contributed by atoms with E-state index in [9.17, 15) is 13.2 Å². The van der Waals surface area contributed by atoms with Gasteiger partial charge in [0.2, 0.25) is 5.91 Å². The van der Waals surface area contributed by atoms with Crippen LogP contribution in [0.3, 0.4) is 0 Å². The van der Waals surface area contributed by atoms with Crippen molar-refractivity contribution >= 4 is 27.5 Å². The first kappa shape index (κ1) is 16.2. The molecule has 7 heteroatoms. The maximum Gasteiger partial charge on any atom is 0.286 e. The minimum atomic E-state index is -3.77. The van der Waals surface area contributed by atoms with Crippen molar-refractivity contribution in [1.82, 2.24) is 5.32 Å². The van der Waals surface area contributed by atoms with Gasteiger partial charge in [-0.2, -0.15) is 8.42 Å². The van der Waals surface area contributed by atoms with Crippen LogP contribution in [0.1, 0.15) is 24.9 Å². The highest BCUT2D eigenvalue weighted by Gasteiger charge is 2.25. The lowest BCUT2D eigenvalue weighted by Crippen LogP contribution is -2.32. The van der Waals surface area contributed by atoms with Crippen molar-refractivity contribution in [3.8, 4) is 0 Å². The highest BCUT2D eigenvalue weighted by atomic mass is 32.2. The lowest BCUT2D eigenvalue weighted by atomic mass is 10.1. The van der Waals surface area contributed by atoms with Crippen molar-refractivity contribution < 1.29 is 13.2 Å². The third-order valence-corrected chi connectivity index (χ3v) is 5.05. The van der Waals surface area contributed by atoms with Gasteiger partial charge in [0, 0.05) is 0 Å². The van der Waals surface area contributed by atoms with Crippen LogP contribution in [0.4, 0.5) is 5.69 Å². The number of sulfonamides is 1. The van der Waals surface area contributed by atoms with E-state index in [0.717, 1.165) is 5.56 Å². The third-order valence-electron chi connectivity index (χ3n) is 3.68. The molecule has 0 bridgehead atoms. The Morgan fingerprint density at radius 1 is 1.12 bits per heavy atom. The molecule has 124 valence electrons. The van der Waals surface area contributed by atoms with Crippen LogP contribution < -0.4 is 10.6 Å². The van der Waals surface area contributed by atoms with Gasteiger partial charge in [0.05, 0.1) is 18.2 Å². The number of hydrogen-bond donors (Lipinski definition) is 2. The second-order valence-corrected chi connectivity index (χ2v) is 7.08. The molecule has 0 saturated heterocycles. The Hall–Kier alpha value is -2.67. The van der Waals surface area contributed by atoms with Gasteiger partial charge in [-0.3, -0.25) is 4.79 Å². The van der Waals surface area contributed by atoms with Crippen molar-refractivity contribution in [2.75, 3.05) is 5.32 Å². The molecule has 0 saturated carbocycles. The van der Waals surface area contributed by atoms with Crippen LogP contribution in [0, 0.1) is 0 Å². The first-order valence-corrected chi connectivity index (χ1v) is 8.94. The van der Waals surface area contributed by atoms with Crippen LogP contribution in [0.15, 0.2) is 63.9 Å². The number of nitrogens with one attached hydrogen (secondary N) is 2. The number of anilines is 1. The van der Waals surface area contributed by atoms with E-state index >= 15 is 0 Å². The molecule has 1 heterocycles. The van der Waals surface area contributed by atoms with Gasteiger partial charge in [0.25, 0.3) is 10.0 Å². The quantitative estimate of drug-likeness (QED) is 0.893. The van der Waals surface area contributed by atoms with Crippen molar-refractivity contribution in [2.45, 2.75) is 24.3 Å². The standard InChI is InChI=1S/C17H17N3O3S/c1-12(13-7-3-2-4-8-13)18-17(21)11-16-19-14-9-5-6-10-15(14)24(22,23)20-16/h2-10,12H,11H2,1H3,(H,18,21)(H,19,20)/t12-/m0/s1. The third kappa shape index (κ3) is 3.46. The molecule has 1 atom stereocenters. The molecule has 6 nitrogen and oxygen atoms in total. The molecule has 2 aromatic carbocycles. The maximum atomic E-state index is 12.2. The summed E-state index contributed by atoms with van der Waals surface area (Å²) in [5.41, 5.74) is 1.41. The zero-order valence-corrected chi connectivity index (χ0v) is 13.9. The normalized spacial score (nSPS) is 16.3. The summed E-state index contributed by atoms with van der Waals surface area (Å²) in [7, 11) is -3.77. The highest BCUT2D eigenvalue weighted by molar-refractivity contribution is 7.90. The van der Waals surface area contributed by atoms with Gasteiger partial charge >= 0.3 is 0 Å². The number of amides is 1. The topological polar surface area (TPSA) is 87.6 Å². The summed E-state index contributed by atoms with van der Waals surface area (Å²) >= 11 is 0. The first-order chi connectivity index (χ1) is 11.5. The van der Waals surface area contributed by atoms with Gasteiger partial charge in [-0.05, 0) is 24.6 Å². The van der Waals surface area contributed by atoms with Crippen molar-refractivity contribution in [3.05, 3.63) is 60.2 Å². The van der Waals surface area contributed by atoms with E-state index in [1.807, 2.05) is 37.3 Å². The summed E-state index contributed by atoms with van der Waals surface area (Å²) in [6.07, 6.45) is -0.134. The largest absolute Gasteiger partial charge is 0.349 e. The Bertz CT molecular complexity index is 892. The number of rotatable bonds is 4. The predicted octanol–water partition coefficient (Wildman–Crippen LogP) is 2.47. The van der Waals surface area contributed by atoms with E-state index in [2.05, 4.69) is 15.0 Å². The molecular formula is C17H17N3O3S. The van der Waals surface area contributed by atoms with Crippen LogP contribution in [0.2, 0.25) is 0 Å². The molecule has 0 fully saturated rings. The fourth-order valence-electron chi connectivity index (χ4n) is 2.51. The zero-order chi connectivity index (χ0) is 17.2. The number of fused-ring (bicyclic) bond motifs is 1. The lowest BCUT2D eigenvalue weighted by molar-refractivity contribution is -0.120. The lowest BCUT2D eigenvalue weighted by Gasteiger charge is -2.19. The summed E-state index contributed by atoms with van der Waals surface area (Å²) in [4.78, 5) is 12.3. The van der Waals surface area contributed by atoms with Gasteiger partial charge in [0.15, 0.2) is 0 Å². The average molecular weight is 343 g/mol. The molecule has 0 aliphatic carbocycles. The molecule has 0 unspecified atom stereocenters. The number of para-hydroxylation sites is 1. The number of benzene rings is 2. The fourth-order valence-corrected chi connectivity index (χ4v) is 3.66. The monoisotopic (exact) mass is 343 g/mol. The molecule has 0 spiro atoms.